The van der Waals surface area contributed by atoms with Gasteiger partial charge in [-0.05, 0) is 48.8 Å². The van der Waals surface area contributed by atoms with Crippen molar-refractivity contribution in [2.24, 2.45) is 0 Å². The lowest BCUT2D eigenvalue weighted by Crippen LogP contribution is -2.53. The molecule has 1 fully saturated rings. The third-order valence-electron chi connectivity index (χ3n) is 3.34. The van der Waals surface area contributed by atoms with Crippen molar-refractivity contribution in [3.63, 3.8) is 0 Å². The average molecular weight is 300 g/mol. The van der Waals surface area contributed by atoms with E-state index in [1.165, 1.54) is 4.90 Å². The zero-order chi connectivity index (χ0) is 15.6. The molecule has 0 aliphatic carbocycles. The van der Waals surface area contributed by atoms with Gasteiger partial charge in [0.05, 0.1) is 0 Å². The Morgan fingerprint density at radius 1 is 1.29 bits per heavy atom. The molecule has 1 N–H and O–H groups in total. The summed E-state index contributed by atoms with van der Waals surface area (Å²) in [6.45, 7) is 7.85. The van der Waals surface area contributed by atoms with Crippen LogP contribution in [0.2, 0.25) is 0 Å². The molecule has 0 radical (unpaired) electrons. The van der Waals surface area contributed by atoms with Crippen LogP contribution in [0.5, 0.6) is 0 Å². The molecule has 21 heavy (non-hydrogen) atoms. The van der Waals surface area contributed by atoms with Gasteiger partial charge < -0.3 is 0 Å². The van der Waals surface area contributed by atoms with Crippen LogP contribution < -0.4 is 5.32 Å². The minimum absolute atomic E-state index is 0.0775. The number of nitrogens with one attached hydrogen (secondary N) is 1. The Morgan fingerprint density at radius 2 is 2.00 bits per heavy atom. The number of hydrogen-bond donors (Lipinski definition) is 1. The minimum Gasteiger partial charge on any atom is -0.298 e. The third kappa shape index (κ3) is 3.08. The molecule has 108 valence electrons. The summed E-state index contributed by atoms with van der Waals surface area (Å²) >= 11 is 5.00. The first-order valence-electron chi connectivity index (χ1n) is 6.51. The van der Waals surface area contributed by atoms with E-state index in [-0.39, 0.29) is 17.2 Å². The summed E-state index contributed by atoms with van der Waals surface area (Å²) in [4.78, 5) is 25.7. The number of aryl methyl sites for hydroxylation is 2. The smallest absolute Gasteiger partial charge is 0.265 e. The van der Waals surface area contributed by atoms with Gasteiger partial charge >= 0.3 is 0 Å². The molecule has 1 aromatic rings. The third-order valence-corrected chi connectivity index (χ3v) is 3.66. The van der Waals surface area contributed by atoms with Gasteiger partial charge in [-0.2, -0.15) is 0 Å². The van der Waals surface area contributed by atoms with Crippen molar-refractivity contribution in [3.05, 3.63) is 53.1 Å². The highest BCUT2D eigenvalue weighted by Gasteiger charge is 2.32. The fraction of sp³-hybridized carbons (Fsp3) is 0.188. The first-order chi connectivity index (χ1) is 9.93. The molecule has 2 amide bonds. The van der Waals surface area contributed by atoms with Crippen molar-refractivity contribution in [2.75, 3.05) is 6.54 Å². The molecule has 1 heterocycles. The summed E-state index contributed by atoms with van der Waals surface area (Å²) in [6.07, 6.45) is 3.15. The standard InChI is InChI=1S/C16H16N2O2S/c1-4-7-18-15(20)13(14(19)17-16(18)21)9-12-6-5-10(2)11(3)8-12/h4-6,8-9H,1,7H2,2-3H3,(H,17,19,21). The quantitative estimate of drug-likeness (QED) is 0.402. The van der Waals surface area contributed by atoms with Gasteiger partial charge in [-0.3, -0.25) is 19.8 Å². The molecule has 1 saturated heterocycles. The van der Waals surface area contributed by atoms with Crippen LogP contribution in [0.15, 0.2) is 36.4 Å². The molecule has 2 rings (SSSR count). The van der Waals surface area contributed by atoms with Crippen molar-refractivity contribution >= 4 is 35.2 Å². The highest BCUT2D eigenvalue weighted by atomic mass is 32.1. The van der Waals surface area contributed by atoms with E-state index in [1.807, 2.05) is 32.0 Å². The van der Waals surface area contributed by atoms with Crippen molar-refractivity contribution in [1.82, 2.24) is 10.2 Å². The highest BCUT2D eigenvalue weighted by molar-refractivity contribution is 7.80. The second-order valence-electron chi connectivity index (χ2n) is 4.87. The van der Waals surface area contributed by atoms with Crippen molar-refractivity contribution in [2.45, 2.75) is 13.8 Å². The van der Waals surface area contributed by atoms with E-state index < -0.39 is 11.8 Å². The number of amides is 2. The van der Waals surface area contributed by atoms with Crippen LogP contribution in [-0.4, -0.2) is 28.4 Å². The number of benzene rings is 1. The molecule has 0 aromatic heterocycles. The number of thiocarbonyl (C=S) groups is 1. The summed E-state index contributed by atoms with van der Waals surface area (Å²) < 4.78 is 0. The monoisotopic (exact) mass is 300 g/mol. The molecule has 5 heteroatoms. The predicted molar refractivity (Wildman–Crippen MR) is 86.5 cm³/mol. The van der Waals surface area contributed by atoms with Gasteiger partial charge in [0.1, 0.15) is 5.57 Å². The number of hydrogen-bond acceptors (Lipinski definition) is 3. The number of carbonyl (C=O) groups excluding carboxylic acids is 2. The van der Waals surface area contributed by atoms with E-state index >= 15 is 0 Å². The lowest BCUT2D eigenvalue weighted by molar-refractivity contribution is -0.128. The Kier molecular flexibility index (Phi) is 4.33. The Hall–Kier alpha value is -2.27. The molecule has 0 saturated carbocycles. The summed E-state index contributed by atoms with van der Waals surface area (Å²) in [5.74, 6) is -0.870. The molecular weight excluding hydrogens is 284 g/mol. The number of rotatable bonds is 3. The SMILES string of the molecule is C=CCN1C(=O)C(=Cc2ccc(C)c(C)c2)C(=O)NC1=S. The molecule has 4 nitrogen and oxygen atoms in total. The Labute approximate surface area is 129 Å². The predicted octanol–water partition coefficient (Wildman–Crippen LogP) is 2.12. The van der Waals surface area contributed by atoms with Crippen LogP contribution in [0.1, 0.15) is 16.7 Å². The molecule has 1 aromatic carbocycles. The summed E-state index contributed by atoms with van der Waals surface area (Å²) in [7, 11) is 0. The van der Waals surface area contributed by atoms with E-state index in [4.69, 9.17) is 12.2 Å². The summed E-state index contributed by atoms with van der Waals surface area (Å²) in [6, 6.07) is 5.77. The maximum absolute atomic E-state index is 12.4. The molecular formula is C16H16N2O2S. The molecule has 0 atom stereocenters. The van der Waals surface area contributed by atoms with Crippen LogP contribution in [0.3, 0.4) is 0 Å². The van der Waals surface area contributed by atoms with E-state index in [0.29, 0.717) is 0 Å². The zero-order valence-corrected chi connectivity index (χ0v) is 12.8. The Morgan fingerprint density at radius 3 is 2.62 bits per heavy atom. The molecule has 0 unspecified atom stereocenters. The number of nitrogens with zero attached hydrogens (tertiary/aromatic N) is 1. The van der Waals surface area contributed by atoms with Gasteiger partial charge in [0.2, 0.25) is 0 Å². The fourth-order valence-electron chi connectivity index (χ4n) is 2.01. The van der Waals surface area contributed by atoms with Crippen LogP contribution in [-0.2, 0) is 9.59 Å². The van der Waals surface area contributed by atoms with Gasteiger partial charge in [-0.25, -0.2) is 0 Å². The maximum atomic E-state index is 12.4. The summed E-state index contributed by atoms with van der Waals surface area (Å²) in [5, 5.41) is 2.64. The topological polar surface area (TPSA) is 49.4 Å². The lowest BCUT2D eigenvalue weighted by atomic mass is 10.0. The average Bonchev–Trinajstić information content (AvgIpc) is 2.43. The van der Waals surface area contributed by atoms with E-state index in [2.05, 4.69) is 11.9 Å². The van der Waals surface area contributed by atoms with E-state index in [0.717, 1.165) is 16.7 Å². The second-order valence-corrected chi connectivity index (χ2v) is 5.25. The highest BCUT2D eigenvalue weighted by Crippen LogP contribution is 2.17. The van der Waals surface area contributed by atoms with Crippen LogP contribution in [0.25, 0.3) is 6.08 Å². The Balaban J connectivity index is 2.40. The second kappa shape index (κ2) is 6.01. The normalized spacial score (nSPS) is 17.1. The van der Waals surface area contributed by atoms with Gasteiger partial charge in [-0.15, -0.1) is 6.58 Å². The lowest BCUT2D eigenvalue weighted by Gasteiger charge is -2.27. The van der Waals surface area contributed by atoms with Gasteiger partial charge in [0.25, 0.3) is 11.8 Å². The first kappa shape index (κ1) is 15.1. The minimum atomic E-state index is -0.469. The molecule has 1 aliphatic heterocycles. The van der Waals surface area contributed by atoms with Crippen LogP contribution in [0.4, 0.5) is 0 Å². The van der Waals surface area contributed by atoms with Gasteiger partial charge in [-0.1, -0.05) is 24.3 Å². The van der Waals surface area contributed by atoms with Crippen molar-refractivity contribution < 1.29 is 9.59 Å². The zero-order valence-electron chi connectivity index (χ0n) is 12.0. The van der Waals surface area contributed by atoms with Crippen LogP contribution >= 0.6 is 12.2 Å². The largest absolute Gasteiger partial charge is 0.298 e. The van der Waals surface area contributed by atoms with Crippen LogP contribution in [0, 0.1) is 13.8 Å². The van der Waals surface area contributed by atoms with Gasteiger partial charge in [0, 0.05) is 6.54 Å². The van der Waals surface area contributed by atoms with Crippen molar-refractivity contribution in [3.8, 4) is 0 Å². The van der Waals surface area contributed by atoms with E-state index in [9.17, 15) is 9.59 Å². The number of carbonyl (C=O) groups is 2. The summed E-state index contributed by atoms with van der Waals surface area (Å²) in [5.41, 5.74) is 3.15. The van der Waals surface area contributed by atoms with E-state index in [1.54, 1.807) is 12.2 Å². The fourth-order valence-corrected chi connectivity index (χ4v) is 2.26. The molecule has 0 spiro atoms. The molecule has 0 bridgehead atoms. The van der Waals surface area contributed by atoms with Crippen molar-refractivity contribution in [1.29, 1.82) is 0 Å². The Bertz CT molecular complexity index is 677. The van der Waals surface area contributed by atoms with Gasteiger partial charge in [0.15, 0.2) is 5.11 Å². The first-order valence-corrected chi connectivity index (χ1v) is 6.92. The molecule has 1 aliphatic rings. The maximum Gasteiger partial charge on any atom is 0.265 e.